The Labute approximate surface area is 131 Å². The summed E-state index contributed by atoms with van der Waals surface area (Å²) in [6, 6.07) is 14.5. The third-order valence-electron chi connectivity index (χ3n) is 2.90. The van der Waals surface area contributed by atoms with Gasteiger partial charge in [0, 0.05) is 4.47 Å². The van der Waals surface area contributed by atoms with Crippen LogP contribution in [0, 0.1) is 11.3 Å². The van der Waals surface area contributed by atoms with E-state index in [1.165, 1.54) is 0 Å². The van der Waals surface area contributed by atoms with E-state index >= 15 is 0 Å². The fraction of sp³-hybridized carbons (Fsp3) is 0.125. The first-order valence-corrected chi connectivity index (χ1v) is 7.04. The smallest absolute Gasteiger partial charge is 0.228 e. The van der Waals surface area contributed by atoms with Gasteiger partial charge < -0.3 is 10.1 Å². The van der Waals surface area contributed by atoms with E-state index < -0.39 is 0 Å². The molecule has 0 heterocycles. The number of anilines is 1. The Morgan fingerprint density at radius 2 is 2.00 bits per heavy atom. The molecule has 0 bridgehead atoms. The fourth-order valence-corrected chi connectivity index (χ4v) is 2.20. The second-order valence-electron chi connectivity index (χ2n) is 4.37. The molecule has 2 rings (SSSR count). The van der Waals surface area contributed by atoms with Crippen LogP contribution in [0.2, 0.25) is 0 Å². The van der Waals surface area contributed by atoms with Crippen LogP contribution in [0.4, 0.5) is 5.69 Å². The third kappa shape index (κ3) is 4.07. The average Bonchev–Trinajstić information content (AvgIpc) is 2.48. The van der Waals surface area contributed by atoms with Gasteiger partial charge in [-0.15, -0.1) is 0 Å². The average molecular weight is 345 g/mol. The molecule has 0 saturated carbocycles. The molecule has 4 nitrogen and oxygen atoms in total. The molecule has 1 N–H and O–H groups in total. The van der Waals surface area contributed by atoms with E-state index in [-0.39, 0.29) is 12.3 Å². The molecular formula is C16H13BrN2O2. The van der Waals surface area contributed by atoms with Gasteiger partial charge in [-0.3, -0.25) is 4.79 Å². The van der Waals surface area contributed by atoms with Crippen LogP contribution in [0.15, 0.2) is 46.9 Å². The molecular weight excluding hydrogens is 332 g/mol. The summed E-state index contributed by atoms with van der Waals surface area (Å²) in [5.41, 5.74) is 1.81. The molecule has 0 aliphatic heterocycles. The second kappa shape index (κ2) is 6.91. The largest absolute Gasteiger partial charge is 0.497 e. The summed E-state index contributed by atoms with van der Waals surface area (Å²) < 4.78 is 5.88. The number of carbonyl (C=O) groups excluding carboxylic acids is 1. The quantitative estimate of drug-likeness (QED) is 0.922. The van der Waals surface area contributed by atoms with Crippen molar-refractivity contribution in [1.29, 1.82) is 5.26 Å². The molecule has 1 amide bonds. The van der Waals surface area contributed by atoms with Gasteiger partial charge in [0.25, 0.3) is 0 Å². The molecule has 0 unspecified atom stereocenters. The number of methoxy groups -OCH3 is 1. The Morgan fingerprint density at radius 3 is 2.62 bits per heavy atom. The number of hydrogen-bond donors (Lipinski definition) is 1. The number of halogens is 1. The Hall–Kier alpha value is -2.32. The van der Waals surface area contributed by atoms with Crippen molar-refractivity contribution >= 4 is 27.5 Å². The molecule has 5 heteroatoms. The molecule has 0 aromatic heterocycles. The second-order valence-corrected chi connectivity index (χ2v) is 5.29. The zero-order valence-corrected chi connectivity index (χ0v) is 13.0. The monoisotopic (exact) mass is 344 g/mol. The maximum atomic E-state index is 12.0. The van der Waals surface area contributed by atoms with Crippen LogP contribution in [-0.2, 0) is 11.2 Å². The molecule has 0 aliphatic rings. The van der Waals surface area contributed by atoms with Crippen LogP contribution in [0.1, 0.15) is 11.1 Å². The summed E-state index contributed by atoms with van der Waals surface area (Å²) in [6.45, 7) is 0. The van der Waals surface area contributed by atoms with Crippen LogP contribution in [-0.4, -0.2) is 13.0 Å². The highest BCUT2D eigenvalue weighted by atomic mass is 79.9. The molecule has 0 atom stereocenters. The number of amides is 1. The van der Waals surface area contributed by atoms with E-state index in [1.807, 2.05) is 24.3 Å². The van der Waals surface area contributed by atoms with E-state index in [4.69, 9.17) is 10.00 Å². The van der Waals surface area contributed by atoms with Crippen molar-refractivity contribution in [1.82, 2.24) is 0 Å². The van der Waals surface area contributed by atoms with Crippen LogP contribution in [0.25, 0.3) is 0 Å². The first kappa shape index (κ1) is 15.1. The van der Waals surface area contributed by atoms with Gasteiger partial charge in [0.15, 0.2) is 0 Å². The van der Waals surface area contributed by atoms with Gasteiger partial charge in [-0.1, -0.05) is 28.1 Å². The minimum absolute atomic E-state index is 0.172. The first-order valence-electron chi connectivity index (χ1n) is 6.25. The van der Waals surface area contributed by atoms with Crippen LogP contribution >= 0.6 is 15.9 Å². The molecule has 106 valence electrons. The summed E-state index contributed by atoms with van der Waals surface area (Å²) >= 11 is 3.32. The summed E-state index contributed by atoms with van der Waals surface area (Å²) in [5, 5.41) is 11.8. The number of nitriles is 1. The van der Waals surface area contributed by atoms with Crippen molar-refractivity contribution in [3.63, 3.8) is 0 Å². The van der Waals surface area contributed by atoms with E-state index in [2.05, 4.69) is 27.3 Å². The molecule has 0 radical (unpaired) electrons. The predicted octanol–water partition coefficient (Wildman–Crippen LogP) is 3.51. The normalized spacial score (nSPS) is 9.76. The Balaban J connectivity index is 2.08. The number of nitrogens with one attached hydrogen (secondary N) is 1. The zero-order chi connectivity index (χ0) is 15.2. The number of carbonyl (C=O) groups is 1. The fourth-order valence-electron chi connectivity index (χ4n) is 1.84. The van der Waals surface area contributed by atoms with Crippen molar-refractivity contribution < 1.29 is 9.53 Å². The molecule has 0 aliphatic carbocycles. The van der Waals surface area contributed by atoms with Gasteiger partial charge in [0.05, 0.1) is 24.8 Å². The summed E-state index contributed by atoms with van der Waals surface area (Å²) in [5.74, 6) is 0.577. The topological polar surface area (TPSA) is 62.1 Å². The molecule has 2 aromatic rings. The van der Waals surface area contributed by atoms with Crippen molar-refractivity contribution in [2.24, 2.45) is 0 Å². The highest BCUT2D eigenvalue weighted by Gasteiger charge is 2.08. The Kier molecular flexibility index (Phi) is 4.96. The minimum Gasteiger partial charge on any atom is -0.497 e. The minimum atomic E-state index is -0.172. The van der Waals surface area contributed by atoms with E-state index in [0.29, 0.717) is 11.3 Å². The molecule has 0 fully saturated rings. The van der Waals surface area contributed by atoms with E-state index in [1.54, 1.807) is 25.3 Å². The standard InChI is InChI=1S/C16H13BrN2O2/c1-21-14-6-2-11(3-7-14)8-16(20)19-15-9-13(17)5-4-12(15)10-18/h2-7,9H,8H2,1H3,(H,19,20). The number of hydrogen-bond acceptors (Lipinski definition) is 3. The number of rotatable bonds is 4. The van der Waals surface area contributed by atoms with Gasteiger partial charge in [-0.2, -0.15) is 5.26 Å². The van der Waals surface area contributed by atoms with Crippen molar-refractivity contribution in [3.05, 3.63) is 58.1 Å². The zero-order valence-electron chi connectivity index (χ0n) is 11.4. The lowest BCUT2D eigenvalue weighted by Gasteiger charge is -2.08. The van der Waals surface area contributed by atoms with E-state index in [9.17, 15) is 4.79 Å². The number of ether oxygens (including phenoxy) is 1. The SMILES string of the molecule is COc1ccc(CC(=O)Nc2cc(Br)ccc2C#N)cc1. The van der Waals surface area contributed by atoms with Crippen LogP contribution in [0.5, 0.6) is 5.75 Å². The Bertz CT molecular complexity index is 690. The summed E-state index contributed by atoms with van der Waals surface area (Å²) in [4.78, 5) is 12.0. The summed E-state index contributed by atoms with van der Waals surface area (Å²) in [6.07, 6.45) is 0.237. The first-order chi connectivity index (χ1) is 10.1. The van der Waals surface area contributed by atoms with Gasteiger partial charge in [0.2, 0.25) is 5.91 Å². The number of nitrogens with zero attached hydrogens (tertiary/aromatic N) is 1. The van der Waals surface area contributed by atoms with Crippen molar-refractivity contribution in [2.75, 3.05) is 12.4 Å². The van der Waals surface area contributed by atoms with Gasteiger partial charge in [-0.25, -0.2) is 0 Å². The van der Waals surface area contributed by atoms with Crippen LogP contribution in [0.3, 0.4) is 0 Å². The highest BCUT2D eigenvalue weighted by Crippen LogP contribution is 2.21. The lowest BCUT2D eigenvalue weighted by Crippen LogP contribution is -2.15. The molecule has 2 aromatic carbocycles. The van der Waals surface area contributed by atoms with Crippen molar-refractivity contribution in [3.8, 4) is 11.8 Å². The van der Waals surface area contributed by atoms with E-state index in [0.717, 1.165) is 15.8 Å². The molecule has 0 spiro atoms. The lowest BCUT2D eigenvalue weighted by atomic mass is 10.1. The lowest BCUT2D eigenvalue weighted by molar-refractivity contribution is -0.115. The van der Waals surface area contributed by atoms with Gasteiger partial charge in [-0.05, 0) is 35.9 Å². The predicted molar refractivity (Wildman–Crippen MR) is 84.2 cm³/mol. The van der Waals surface area contributed by atoms with Gasteiger partial charge in [0.1, 0.15) is 11.8 Å². The number of benzene rings is 2. The Morgan fingerprint density at radius 1 is 1.29 bits per heavy atom. The third-order valence-corrected chi connectivity index (χ3v) is 3.39. The highest BCUT2D eigenvalue weighted by molar-refractivity contribution is 9.10. The maximum absolute atomic E-state index is 12.0. The van der Waals surface area contributed by atoms with Gasteiger partial charge >= 0.3 is 0 Å². The molecule has 0 saturated heterocycles. The summed E-state index contributed by atoms with van der Waals surface area (Å²) in [7, 11) is 1.60. The van der Waals surface area contributed by atoms with Crippen molar-refractivity contribution in [2.45, 2.75) is 6.42 Å². The van der Waals surface area contributed by atoms with Crippen LogP contribution < -0.4 is 10.1 Å². The molecule has 21 heavy (non-hydrogen) atoms. The maximum Gasteiger partial charge on any atom is 0.228 e.